The number of hydrogen-bond acceptors (Lipinski definition) is 9. The van der Waals surface area contributed by atoms with Crippen LogP contribution in [0.15, 0.2) is 48.7 Å². The van der Waals surface area contributed by atoms with Crippen molar-refractivity contribution in [1.29, 1.82) is 0 Å². The molecule has 1 amide bonds. The Bertz CT molecular complexity index is 1600. The van der Waals surface area contributed by atoms with Crippen LogP contribution in [0.1, 0.15) is 45.4 Å². The van der Waals surface area contributed by atoms with Crippen LogP contribution in [0.3, 0.4) is 0 Å². The molecule has 14 heteroatoms. The average Bonchev–Trinajstić information content (AvgIpc) is 3.73. The van der Waals surface area contributed by atoms with E-state index >= 15 is 0 Å². The number of carbonyl (C=O) groups excluding carboxylic acids is 1. The molecule has 218 valence electrons. The molecule has 2 N–H and O–H groups in total. The minimum Gasteiger partial charge on any atom is -0.368 e. The van der Waals surface area contributed by atoms with Crippen LogP contribution in [-0.4, -0.2) is 52.0 Å². The fourth-order valence-corrected chi connectivity index (χ4v) is 5.62. The summed E-state index contributed by atoms with van der Waals surface area (Å²) in [5.74, 6) is 1.44. The molecule has 1 aliphatic heterocycles. The molecule has 1 saturated carbocycles. The number of amides is 1. The molecule has 6 rings (SSSR count). The van der Waals surface area contributed by atoms with Crippen molar-refractivity contribution in [1.82, 2.24) is 19.9 Å². The smallest absolute Gasteiger partial charge is 0.368 e. The summed E-state index contributed by atoms with van der Waals surface area (Å²) in [7, 11) is 0. The third kappa shape index (κ3) is 6.26. The fraction of sp³-hybridized carbons (Fsp3) is 0.321. The molecule has 0 unspecified atom stereocenters. The first-order valence-electron chi connectivity index (χ1n) is 13.4. The number of thiazole rings is 1. The van der Waals surface area contributed by atoms with Gasteiger partial charge in [-0.25, -0.2) is 4.98 Å². The highest BCUT2D eigenvalue weighted by Crippen LogP contribution is 2.39. The topological polar surface area (TPSA) is 99.2 Å². The zero-order valence-corrected chi connectivity index (χ0v) is 24.0. The first kappa shape index (κ1) is 28.2. The van der Waals surface area contributed by atoms with Crippen LogP contribution < -0.4 is 20.4 Å². The number of aryl methyl sites for hydroxylation is 1. The zero-order chi connectivity index (χ0) is 29.4. The van der Waals surface area contributed by atoms with Crippen LogP contribution in [0, 0.1) is 6.92 Å². The molecule has 2 fully saturated rings. The number of halogens is 4. The largest absolute Gasteiger partial charge is 0.416 e. The minimum absolute atomic E-state index is 0.259. The molecule has 0 bridgehead atoms. The lowest BCUT2D eigenvalue weighted by atomic mass is 10.1. The molecule has 2 aliphatic rings. The Morgan fingerprint density at radius 3 is 2.48 bits per heavy atom. The number of benzene rings is 2. The number of nitrogens with zero attached hydrogens (tertiary/aromatic N) is 6. The Morgan fingerprint density at radius 2 is 1.76 bits per heavy atom. The number of piperazine rings is 1. The predicted octanol–water partition coefficient (Wildman–Crippen LogP) is 6.51. The Morgan fingerprint density at radius 1 is 1.02 bits per heavy atom. The lowest BCUT2D eigenvalue weighted by molar-refractivity contribution is -0.137. The number of alkyl halides is 3. The molecule has 2 aromatic heterocycles. The normalized spacial score (nSPS) is 15.5. The summed E-state index contributed by atoms with van der Waals surface area (Å²) in [5.41, 5.74) is 1.28. The second-order valence-corrected chi connectivity index (χ2v) is 11.6. The SMILES string of the molecule is Cc1cccc(Cl)c1NC(=O)c1cnc(Nc2nc(C3CC3)nc(N3CCN(c4cccc(C(F)(F)F)c4)CC3)n2)s1. The average molecular weight is 615 g/mol. The second-order valence-electron chi connectivity index (χ2n) is 10.2. The Hall–Kier alpha value is -3.97. The van der Waals surface area contributed by atoms with Crippen molar-refractivity contribution in [3.05, 3.63) is 75.5 Å². The van der Waals surface area contributed by atoms with E-state index in [1.165, 1.54) is 18.3 Å². The van der Waals surface area contributed by atoms with Gasteiger partial charge in [0, 0.05) is 37.8 Å². The van der Waals surface area contributed by atoms with Crippen LogP contribution in [0.2, 0.25) is 5.02 Å². The van der Waals surface area contributed by atoms with Gasteiger partial charge in [-0.15, -0.1) is 0 Å². The standard InChI is InChI=1S/C28H26ClF3N8OS/c1-16-4-2-7-20(29)22(16)34-24(41)21-15-33-27(42-21)38-25-35-23(17-8-9-17)36-26(37-25)40-12-10-39(11-13-40)19-6-3-5-18(14-19)28(30,31)32/h2-7,14-15,17H,8-13H2,1H3,(H,34,41)(H,33,35,36,37,38). The maximum atomic E-state index is 13.2. The highest BCUT2D eigenvalue weighted by atomic mass is 35.5. The van der Waals surface area contributed by atoms with E-state index in [0.717, 1.165) is 35.8 Å². The van der Waals surface area contributed by atoms with Gasteiger partial charge in [-0.1, -0.05) is 41.1 Å². The molecule has 4 aromatic rings. The lowest BCUT2D eigenvalue weighted by Gasteiger charge is -2.36. The van der Waals surface area contributed by atoms with Crippen molar-refractivity contribution in [2.45, 2.75) is 31.9 Å². The Balaban J connectivity index is 1.15. The van der Waals surface area contributed by atoms with Gasteiger partial charge in [-0.2, -0.15) is 28.1 Å². The zero-order valence-electron chi connectivity index (χ0n) is 22.5. The number of para-hydroxylation sites is 1. The summed E-state index contributed by atoms with van der Waals surface area (Å²) in [5, 5.41) is 6.86. The molecular formula is C28H26ClF3N8OS. The summed E-state index contributed by atoms with van der Waals surface area (Å²) in [6, 6.07) is 10.8. The third-order valence-corrected chi connectivity index (χ3v) is 8.32. The number of nitrogens with one attached hydrogen (secondary N) is 2. The molecule has 1 aliphatic carbocycles. The summed E-state index contributed by atoms with van der Waals surface area (Å²) < 4.78 is 39.6. The van der Waals surface area contributed by atoms with Crippen LogP contribution in [0.5, 0.6) is 0 Å². The highest BCUT2D eigenvalue weighted by molar-refractivity contribution is 7.17. The van der Waals surface area contributed by atoms with Crippen LogP contribution in [-0.2, 0) is 6.18 Å². The number of anilines is 5. The van der Waals surface area contributed by atoms with Gasteiger partial charge in [0.25, 0.3) is 5.91 Å². The van der Waals surface area contributed by atoms with Gasteiger partial charge in [-0.3, -0.25) is 10.1 Å². The molecule has 1 saturated heterocycles. The maximum Gasteiger partial charge on any atom is 0.416 e. The van der Waals surface area contributed by atoms with Gasteiger partial charge in [0.1, 0.15) is 10.7 Å². The molecule has 0 radical (unpaired) electrons. The summed E-state index contributed by atoms with van der Waals surface area (Å²) in [4.78, 5) is 35.4. The molecule has 42 heavy (non-hydrogen) atoms. The van der Waals surface area contributed by atoms with Gasteiger partial charge in [0.05, 0.1) is 22.5 Å². The van der Waals surface area contributed by atoms with Crippen molar-refractivity contribution in [3.63, 3.8) is 0 Å². The van der Waals surface area contributed by atoms with Gasteiger partial charge < -0.3 is 15.1 Å². The summed E-state index contributed by atoms with van der Waals surface area (Å²) in [6.07, 6.45) is -0.919. The number of aromatic nitrogens is 4. The van der Waals surface area contributed by atoms with Crippen molar-refractivity contribution in [2.75, 3.05) is 46.6 Å². The second kappa shape index (κ2) is 11.4. The molecule has 9 nitrogen and oxygen atoms in total. The quantitative estimate of drug-likeness (QED) is 0.243. The molecule has 0 spiro atoms. The third-order valence-electron chi connectivity index (χ3n) is 7.09. The molecule has 3 heterocycles. The van der Waals surface area contributed by atoms with Gasteiger partial charge in [0.2, 0.25) is 11.9 Å². The van der Waals surface area contributed by atoms with E-state index in [-0.39, 0.29) is 11.8 Å². The number of carbonyl (C=O) groups is 1. The van der Waals surface area contributed by atoms with E-state index < -0.39 is 11.7 Å². The van der Waals surface area contributed by atoms with Crippen molar-refractivity contribution in [2.24, 2.45) is 0 Å². The number of hydrogen-bond donors (Lipinski definition) is 2. The minimum atomic E-state index is -4.39. The van der Waals surface area contributed by atoms with E-state index in [4.69, 9.17) is 16.6 Å². The van der Waals surface area contributed by atoms with E-state index in [9.17, 15) is 18.0 Å². The van der Waals surface area contributed by atoms with Crippen LogP contribution in [0.4, 0.5) is 41.6 Å². The molecule has 2 aromatic carbocycles. The maximum absolute atomic E-state index is 13.2. The summed E-state index contributed by atoms with van der Waals surface area (Å²) >= 11 is 7.41. The monoisotopic (exact) mass is 614 g/mol. The van der Waals surface area contributed by atoms with E-state index in [1.54, 1.807) is 12.1 Å². The van der Waals surface area contributed by atoms with Crippen LogP contribution in [0.25, 0.3) is 0 Å². The summed E-state index contributed by atoms with van der Waals surface area (Å²) in [6.45, 7) is 3.97. The van der Waals surface area contributed by atoms with Gasteiger partial charge >= 0.3 is 6.18 Å². The first-order chi connectivity index (χ1) is 20.1. The van der Waals surface area contributed by atoms with Crippen LogP contribution >= 0.6 is 22.9 Å². The Labute approximate surface area is 248 Å². The Kier molecular flexibility index (Phi) is 7.62. The van der Waals surface area contributed by atoms with Gasteiger partial charge in [0.15, 0.2) is 5.13 Å². The lowest BCUT2D eigenvalue weighted by Crippen LogP contribution is -2.47. The predicted molar refractivity (Wildman–Crippen MR) is 157 cm³/mol. The van der Waals surface area contributed by atoms with Crippen molar-refractivity contribution in [3.8, 4) is 0 Å². The number of rotatable bonds is 7. The van der Waals surface area contributed by atoms with Gasteiger partial charge in [-0.05, 0) is 49.6 Å². The molecular weight excluding hydrogens is 589 g/mol. The van der Waals surface area contributed by atoms with E-state index in [1.807, 2.05) is 28.9 Å². The first-order valence-corrected chi connectivity index (χ1v) is 14.6. The van der Waals surface area contributed by atoms with E-state index in [0.29, 0.717) is 70.3 Å². The fourth-order valence-electron chi connectivity index (χ4n) is 4.64. The highest BCUT2D eigenvalue weighted by Gasteiger charge is 2.32. The molecule has 0 atom stereocenters. The van der Waals surface area contributed by atoms with E-state index in [2.05, 4.69) is 25.6 Å². The van der Waals surface area contributed by atoms with Crippen molar-refractivity contribution < 1.29 is 18.0 Å². The van der Waals surface area contributed by atoms with Crippen molar-refractivity contribution >= 4 is 57.2 Å².